The molecule has 0 saturated heterocycles. The number of anilines is 1. The summed E-state index contributed by atoms with van der Waals surface area (Å²) >= 11 is 1.54. The zero-order chi connectivity index (χ0) is 16.0. The van der Waals surface area contributed by atoms with Gasteiger partial charge in [0.15, 0.2) is 5.82 Å². The number of hydrogen-bond donors (Lipinski definition) is 4. The van der Waals surface area contributed by atoms with Gasteiger partial charge in [0.05, 0.1) is 16.8 Å². The average molecular weight is 329 g/mol. The van der Waals surface area contributed by atoms with E-state index in [9.17, 15) is 14.7 Å². The van der Waals surface area contributed by atoms with Crippen LogP contribution in [-0.2, 0) is 4.79 Å². The van der Waals surface area contributed by atoms with Gasteiger partial charge in [-0.25, -0.2) is 4.79 Å². The van der Waals surface area contributed by atoms with Gasteiger partial charge < -0.3 is 10.4 Å². The van der Waals surface area contributed by atoms with Crippen LogP contribution in [0.15, 0.2) is 23.7 Å². The maximum atomic E-state index is 12.0. The number of nitrogens with one attached hydrogen (secondary N) is 3. The molecule has 1 aliphatic rings. The molecular formula is C14H11N5O3S. The lowest BCUT2D eigenvalue weighted by atomic mass is 9.85. The molecule has 0 radical (unpaired) electrons. The Hall–Kier alpha value is -2.94. The number of thiophene rings is 1. The van der Waals surface area contributed by atoms with E-state index in [1.54, 1.807) is 11.3 Å². The molecular weight excluding hydrogens is 318 g/mol. The molecule has 4 heterocycles. The first kappa shape index (κ1) is 13.7. The van der Waals surface area contributed by atoms with Crippen LogP contribution in [0.3, 0.4) is 0 Å². The molecule has 0 fully saturated rings. The summed E-state index contributed by atoms with van der Waals surface area (Å²) in [7, 11) is 0. The summed E-state index contributed by atoms with van der Waals surface area (Å²) in [5, 5.41) is 27.4. The number of carbonyl (C=O) groups is 2. The van der Waals surface area contributed by atoms with Gasteiger partial charge in [-0.2, -0.15) is 10.2 Å². The van der Waals surface area contributed by atoms with E-state index in [2.05, 4.69) is 25.7 Å². The van der Waals surface area contributed by atoms with Gasteiger partial charge in [0, 0.05) is 23.5 Å². The molecule has 3 aromatic heterocycles. The van der Waals surface area contributed by atoms with E-state index < -0.39 is 11.9 Å². The van der Waals surface area contributed by atoms with Gasteiger partial charge in [0.2, 0.25) is 5.91 Å². The minimum atomic E-state index is -1.11. The van der Waals surface area contributed by atoms with Gasteiger partial charge in [-0.1, -0.05) is 6.07 Å². The van der Waals surface area contributed by atoms with Crippen molar-refractivity contribution < 1.29 is 14.7 Å². The van der Waals surface area contributed by atoms with Crippen LogP contribution in [-0.4, -0.2) is 37.4 Å². The highest BCUT2D eigenvalue weighted by Gasteiger charge is 2.35. The topological polar surface area (TPSA) is 124 Å². The number of nitrogens with zero attached hydrogens (tertiary/aromatic N) is 2. The summed E-state index contributed by atoms with van der Waals surface area (Å²) in [6.45, 7) is 0. The summed E-state index contributed by atoms with van der Waals surface area (Å²) in [5.74, 6) is -1.29. The molecule has 0 saturated carbocycles. The molecule has 0 unspecified atom stereocenters. The lowest BCUT2D eigenvalue weighted by Gasteiger charge is -2.22. The molecule has 0 bridgehead atoms. The number of amides is 1. The largest absolute Gasteiger partial charge is 0.477 e. The van der Waals surface area contributed by atoms with Crippen molar-refractivity contribution in [2.24, 2.45) is 0 Å². The van der Waals surface area contributed by atoms with Crippen LogP contribution >= 0.6 is 11.3 Å². The van der Waals surface area contributed by atoms with E-state index in [-0.39, 0.29) is 18.0 Å². The molecule has 0 aromatic carbocycles. The fourth-order valence-electron chi connectivity index (χ4n) is 2.86. The standard InChI is InChI=1S/C14H11N5O3S/c20-9-4-6(7-5-15-17-11(7)14(21)22)10-12(8-2-1-3-23-8)18-19-13(10)16-9/h1-3,5-6H,4H2,(H,15,17)(H,21,22)(H2,16,18,19,20)/t6-/m1/s1. The van der Waals surface area contributed by atoms with Crippen molar-refractivity contribution in [1.82, 2.24) is 20.4 Å². The Balaban J connectivity index is 1.90. The van der Waals surface area contributed by atoms with E-state index in [1.165, 1.54) is 6.20 Å². The Labute approximate surface area is 133 Å². The molecule has 23 heavy (non-hydrogen) atoms. The highest BCUT2D eigenvalue weighted by Crippen LogP contribution is 2.43. The maximum Gasteiger partial charge on any atom is 0.354 e. The van der Waals surface area contributed by atoms with E-state index in [0.29, 0.717) is 11.4 Å². The molecule has 9 heteroatoms. The Morgan fingerprint density at radius 3 is 3.00 bits per heavy atom. The number of carboxylic acid groups (broad SMARTS) is 1. The summed E-state index contributed by atoms with van der Waals surface area (Å²) in [5.41, 5.74) is 2.05. The highest BCUT2D eigenvalue weighted by atomic mass is 32.1. The molecule has 0 spiro atoms. The first-order valence-corrected chi connectivity index (χ1v) is 7.71. The number of carboxylic acids is 1. The van der Waals surface area contributed by atoms with Crippen LogP contribution in [0, 0.1) is 0 Å². The van der Waals surface area contributed by atoms with Crippen LogP contribution in [0.5, 0.6) is 0 Å². The predicted octanol–water partition coefficient (Wildman–Crippen LogP) is 2.03. The lowest BCUT2D eigenvalue weighted by molar-refractivity contribution is -0.116. The number of rotatable bonds is 3. The van der Waals surface area contributed by atoms with Crippen molar-refractivity contribution in [3.8, 4) is 10.6 Å². The fourth-order valence-corrected chi connectivity index (χ4v) is 3.60. The Bertz CT molecular complexity index is 896. The van der Waals surface area contributed by atoms with Crippen LogP contribution in [0.1, 0.15) is 34.0 Å². The quantitative estimate of drug-likeness (QED) is 0.585. The third kappa shape index (κ3) is 2.13. The van der Waals surface area contributed by atoms with Gasteiger partial charge >= 0.3 is 5.97 Å². The van der Waals surface area contributed by atoms with Crippen LogP contribution in [0.25, 0.3) is 10.6 Å². The first-order chi connectivity index (χ1) is 11.1. The fraction of sp³-hybridized carbons (Fsp3) is 0.143. The number of H-pyrrole nitrogens is 2. The van der Waals surface area contributed by atoms with Crippen molar-refractivity contribution in [2.45, 2.75) is 12.3 Å². The second-order valence-corrected chi connectivity index (χ2v) is 6.10. The van der Waals surface area contributed by atoms with Crippen LogP contribution in [0.2, 0.25) is 0 Å². The maximum absolute atomic E-state index is 12.0. The third-order valence-electron chi connectivity index (χ3n) is 3.83. The van der Waals surface area contributed by atoms with Crippen molar-refractivity contribution in [1.29, 1.82) is 0 Å². The van der Waals surface area contributed by atoms with Crippen LogP contribution < -0.4 is 5.32 Å². The molecule has 4 rings (SSSR count). The zero-order valence-electron chi connectivity index (χ0n) is 11.7. The molecule has 1 atom stereocenters. The van der Waals surface area contributed by atoms with Crippen LogP contribution in [0.4, 0.5) is 5.82 Å². The molecule has 1 amide bonds. The number of fused-ring (bicyclic) bond motifs is 1. The highest BCUT2D eigenvalue weighted by molar-refractivity contribution is 7.13. The summed E-state index contributed by atoms with van der Waals surface area (Å²) in [6, 6.07) is 3.86. The summed E-state index contributed by atoms with van der Waals surface area (Å²) in [4.78, 5) is 24.3. The SMILES string of the molecule is O=C1C[C@H](c2cn[nH]c2C(=O)O)c2c(n[nH]c2-c2cccs2)N1. The average Bonchev–Trinajstić information content (AvgIpc) is 3.25. The van der Waals surface area contributed by atoms with Crippen molar-refractivity contribution in [3.63, 3.8) is 0 Å². The van der Waals surface area contributed by atoms with Crippen molar-refractivity contribution in [2.75, 3.05) is 5.32 Å². The molecule has 116 valence electrons. The Morgan fingerprint density at radius 2 is 2.26 bits per heavy atom. The number of hydrogen-bond acceptors (Lipinski definition) is 5. The van der Waals surface area contributed by atoms with Gasteiger partial charge in [0.1, 0.15) is 5.69 Å². The molecule has 8 nitrogen and oxygen atoms in total. The minimum absolute atomic E-state index is 0.00557. The van der Waals surface area contributed by atoms with Gasteiger partial charge in [-0.3, -0.25) is 15.0 Å². The van der Waals surface area contributed by atoms with E-state index >= 15 is 0 Å². The summed E-state index contributed by atoms with van der Waals surface area (Å²) in [6.07, 6.45) is 1.60. The van der Waals surface area contributed by atoms with E-state index in [1.807, 2.05) is 17.5 Å². The Morgan fingerprint density at radius 1 is 1.39 bits per heavy atom. The predicted molar refractivity (Wildman–Crippen MR) is 82.5 cm³/mol. The Kier molecular flexibility index (Phi) is 3.01. The van der Waals surface area contributed by atoms with Gasteiger partial charge in [0.25, 0.3) is 0 Å². The monoisotopic (exact) mass is 329 g/mol. The minimum Gasteiger partial charge on any atom is -0.477 e. The normalized spacial score (nSPS) is 16.9. The second-order valence-electron chi connectivity index (χ2n) is 5.15. The van der Waals surface area contributed by atoms with E-state index in [4.69, 9.17) is 0 Å². The second kappa shape index (κ2) is 5.06. The van der Waals surface area contributed by atoms with Gasteiger partial charge in [-0.15, -0.1) is 11.3 Å². The first-order valence-electron chi connectivity index (χ1n) is 6.83. The smallest absolute Gasteiger partial charge is 0.354 e. The number of carbonyl (C=O) groups excluding carboxylic acids is 1. The van der Waals surface area contributed by atoms with Crippen molar-refractivity contribution >= 4 is 29.0 Å². The lowest BCUT2D eigenvalue weighted by Crippen LogP contribution is -2.24. The zero-order valence-corrected chi connectivity index (χ0v) is 12.5. The van der Waals surface area contributed by atoms with E-state index in [0.717, 1.165) is 16.1 Å². The molecule has 0 aliphatic carbocycles. The summed E-state index contributed by atoms with van der Waals surface area (Å²) < 4.78 is 0. The van der Waals surface area contributed by atoms with Gasteiger partial charge in [-0.05, 0) is 11.4 Å². The molecule has 4 N–H and O–H groups in total. The number of aromatic nitrogens is 4. The molecule has 3 aromatic rings. The third-order valence-corrected chi connectivity index (χ3v) is 4.71. The molecule has 1 aliphatic heterocycles. The number of aromatic carboxylic acids is 1. The van der Waals surface area contributed by atoms with Crippen molar-refractivity contribution in [3.05, 3.63) is 40.5 Å². The number of aromatic amines is 2.